The minimum absolute atomic E-state index is 0.0140. The van der Waals surface area contributed by atoms with Crippen LogP contribution < -0.4 is 5.32 Å². The standard InChI is InChI=1S/C21H23N5O2/c1-13-9-16(15(3)26(13)14(2)12-28-4)10-17(11-22)20(27)25-21-23-18-7-5-6-8-19(18)24-21/h5-10,14H,12H2,1-4H3,(H2,23,24,25,27)/b17-10+. The van der Waals surface area contributed by atoms with E-state index in [1.54, 1.807) is 13.2 Å². The van der Waals surface area contributed by atoms with Crippen LogP contribution in [0.15, 0.2) is 35.9 Å². The van der Waals surface area contributed by atoms with Crippen molar-refractivity contribution in [1.29, 1.82) is 5.26 Å². The van der Waals surface area contributed by atoms with Gasteiger partial charge in [-0.05, 0) is 50.6 Å². The lowest BCUT2D eigenvalue weighted by Crippen LogP contribution is -2.15. The molecule has 1 amide bonds. The molecule has 1 unspecified atom stereocenters. The number of nitriles is 1. The first-order valence-corrected chi connectivity index (χ1v) is 8.99. The predicted molar refractivity (Wildman–Crippen MR) is 109 cm³/mol. The Morgan fingerprint density at radius 1 is 1.43 bits per heavy atom. The molecule has 7 nitrogen and oxygen atoms in total. The highest BCUT2D eigenvalue weighted by Gasteiger charge is 2.16. The van der Waals surface area contributed by atoms with Gasteiger partial charge < -0.3 is 14.3 Å². The summed E-state index contributed by atoms with van der Waals surface area (Å²) in [7, 11) is 1.67. The number of hydrogen-bond acceptors (Lipinski definition) is 4. The third-order valence-electron chi connectivity index (χ3n) is 4.66. The molecule has 3 rings (SSSR count). The quantitative estimate of drug-likeness (QED) is 0.505. The van der Waals surface area contributed by atoms with Gasteiger partial charge in [-0.3, -0.25) is 10.1 Å². The molecular weight excluding hydrogens is 354 g/mol. The number of aryl methyl sites for hydroxylation is 1. The molecule has 144 valence electrons. The zero-order valence-electron chi connectivity index (χ0n) is 16.4. The molecule has 3 aromatic rings. The lowest BCUT2D eigenvalue weighted by Gasteiger charge is -2.17. The number of anilines is 1. The predicted octanol–water partition coefficient (Wildman–Crippen LogP) is 3.73. The van der Waals surface area contributed by atoms with Crippen molar-refractivity contribution in [3.8, 4) is 6.07 Å². The number of fused-ring (bicyclic) bond motifs is 1. The van der Waals surface area contributed by atoms with Gasteiger partial charge in [-0.25, -0.2) is 4.98 Å². The second-order valence-electron chi connectivity index (χ2n) is 6.73. The molecule has 28 heavy (non-hydrogen) atoms. The van der Waals surface area contributed by atoms with Crippen LogP contribution in [0.2, 0.25) is 0 Å². The Labute approximate surface area is 163 Å². The van der Waals surface area contributed by atoms with E-state index in [4.69, 9.17) is 4.74 Å². The smallest absolute Gasteiger partial charge is 0.268 e. The molecule has 0 saturated heterocycles. The molecule has 0 bridgehead atoms. The van der Waals surface area contributed by atoms with E-state index in [0.717, 1.165) is 28.0 Å². The number of ether oxygens (including phenoxy) is 1. The van der Waals surface area contributed by atoms with E-state index in [2.05, 4.69) is 26.8 Å². The number of rotatable bonds is 6. The van der Waals surface area contributed by atoms with Crippen LogP contribution in [0.25, 0.3) is 17.1 Å². The Hall–Kier alpha value is -3.37. The monoisotopic (exact) mass is 377 g/mol. The number of benzene rings is 1. The van der Waals surface area contributed by atoms with Crippen LogP contribution in [-0.2, 0) is 9.53 Å². The van der Waals surface area contributed by atoms with E-state index < -0.39 is 5.91 Å². The Morgan fingerprint density at radius 2 is 2.18 bits per heavy atom. The highest BCUT2D eigenvalue weighted by atomic mass is 16.5. The number of aromatic nitrogens is 3. The number of methoxy groups -OCH3 is 1. The van der Waals surface area contributed by atoms with Gasteiger partial charge in [0.1, 0.15) is 11.6 Å². The number of H-pyrrole nitrogens is 1. The summed E-state index contributed by atoms with van der Waals surface area (Å²) in [4.78, 5) is 19.9. The maximum Gasteiger partial charge on any atom is 0.268 e. The summed E-state index contributed by atoms with van der Waals surface area (Å²) in [5.41, 5.74) is 4.43. The fraction of sp³-hybridized carbons (Fsp3) is 0.286. The van der Waals surface area contributed by atoms with Crippen LogP contribution in [0.4, 0.5) is 5.95 Å². The van der Waals surface area contributed by atoms with Crippen molar-refractivity contribution in [1.82, 2.24) is 14.5 Å². The van der Waals surface area contributed by atoms with Crippen LogP contribution in [0.3, 0.4) is 0 Å². The zero-order valence-corrected chi connectivity index (χ0v) is 16.4. The van der Waals surface area contributed by atoms with Crippen LogP contribution in [0.1, 0.15) is 29.9 Å². The average molecular weight is 377 g/mol. The zero-order chi connectivity index (χ0) is 20.3. The second kappa shape index (κ2) is 8.11. The van der Waals surface area contributed by atoms with Gasteiger partial charge in [0.2, 0.25) is 5.95 Å². The van der Waals surface area contributed by atoms with Gasteiger partial charge in [-0.1, -0.05) is 12.1 Å². The number of para-hydroxylation sites is 2. The third-order valence-corrected chi connectivity index (χ3v) is 4.66. The van der Waals surface area contributed by atoms with Gasteiger partial charge in [0, 0.05) is 18.5 Å². The van der Waals surface area contributed by atoms with E-state index >= 15 is 0 Å². The fourth-order valence-corrected chi connectivity index (χ4v) is 3.43. The van der Waals surface area contributed by atoms with Crippen LogP contribution in [0.5, 0.6) is 0 Å². The van der Waals surface area contributed by atoms with E-state index in [1.807, 2.05) is 50.2 Å². The van der Waals surface area contributed by atoms with Gasteiger partial charge >= 0.3 is 0 Å². The van der Waals surface area contributed by atoms with Gasteiger partial charge in [0.25, 0.3) is 5.91 Å². The topological polar surface area (TPSA) is 95.7 Å². The molecule has 2 heterocycles. The summed E-state index contributed by atoms with van der Waals surface area (Å²) >= 11 is 0. The summed E-state index contributed by atoms with van der Waals surface area (Å²) in [6.07, 6.45) is 1.61. The van der Waals surface area contributed by atoms with Crippen molar-refractivity contribution in [3.05, 3.63) is 52.9 Å². The molecule has 2 N–H and O–H groups in total. The summed E-state index contributed by atoms with van der Waals surface area (Å²) in [5, 5.41) is 12.2. The SMILES string of the molecule is COCC(C)n1c(C)cc(/C=C(\C#N)C(=O)Nc2nc3ccccc3[nH]2)c1C. The Bertz CT molecular complexity index is 1050. The van der Waals surface area contributed by atoms with Gasteiger partial charge in [-0.2, -0.15) is 5.26 Å². The Morgan fingerprint density at radius 3 is 2.86 bits per heavy atom. The van der Waals surface area contributed by atoms with Gasteiger partial charge in [0.05, 0.1) is 23.7 Å². The number of aromatic amines is 1. The highest BCUT2D eigenvalue weighted by Crippen LogP contribution is 2.23. The van der Waals surface area contributed by atoms with E-state index in [9.17, 15) is 10.1 Å². The van der Waals surface area contributed by atoms with E-state index in [0.29, 0.717) is 12.6 Å². The van der Waals surface area contributed by atoms with Crippen molar-refractivity contribution in [2.45, 2.75) is 26.8 Å². The largest absolute Gasteiger partial charge is 0.383 e. The fourth-order valence-electron chi connectivity index (χ4n) is 3.43. The number of hydrogen-bond donors (Lipinski definition) is 2. The van der Waals surface area contributed by atoms with Crippen LogP contribution in [0, 0.1) is 25.2 Å². The Balaban J connectivity index is 1.86. The van der Waals surface area contributed by atoms with Crippen molar-refractivity contribution in [2.75, 3.05) is 19.0 Å². The van der Waals surface area contributed by atoms with Crippen molar-refractivity contribution in [2.24, 2.45) is 0 Å². The number of nitrogens with zero attached hydrogens (tertiary/aromatic N) is 3. The number of nitrogens with one attached hydrogen (secondary N) is 2. The molecule has 1 aromatic carbocycles. The van der Waals surface area contributed by atoms with Crippen LogP contribution in [-0.4, -0.2) is 34.2 Å². The number of amides is 1. The number of carbonyl (C=O) groups is 1. The van der Waals surface area contributed by atoms with Gasteiger partial charge in [-0.15, -0.1) is 0 Å². The van der Waals surface area contributed by atoms with E-state index in [1.165, 1.54) is 0 Å². The first-order valence-electron chi connectivity index (χ1n) is 8.99. The molecule has 1 atom stereocenters. The molecule has 0 radical (unpaired) electrons. The molecule has 0 spiro atoms. The second-order valence-corrected chi connectivity index (χ2v) is 6.73. The number of imidazole rings is 1. The average Bonchev–Trinajstić information content (AvgIpc) is 3.19. The van der Waals surface area contributed by atoms with Crippen molar-refractivity contribution < 1.29 is 9.53 Å². The van der Waals surface area contributed by atoms with Gasteiger partial charge in [0.15, 0.2) is 0 Å². The molecule has 0 aliphatic carbocycles. The third kappa shape index (κ3) is 3.82. The molecule has 2 aromatic heterocycles. The van der Waals surface area contributed by atoms with Crippen molar-refractivity contribution >= 4 is 29.0 Å². The maximum atomic E-state index is 12.6. The molecule has 0 fully saturated rings. The Kier molecular flexibility index (Phi) is 5.62. The summed E-state index contributed by atoms with van der Waals surface area (Å²) in [6, 6.07) is 11.6. The summed E-state index contributed by atoms with van der Waals surface area (Å²) in [6.45, 7) is 6.61. The molecule has 0 aliphatic rings. The molecular formula is C21H23N5O2. The lowest BCUT2D eigenvalue weighted by atomic mass is 10.1. The summed E-state index contributed by atoms with van der Waals surface area (Å²) in [5.74, 6) is -0.192. The van der Waals surface area contributed by atoms with Crippen LogP contribution >= 0.6 is 0 Å². The molecule has 7 heteroatoms. The molecule has 0 aliphatic heterocycles. The summed E-state index contributed by atoms with van der Waals surface area (Å²) < 4.78 is 7.39. The minimum Gasteiger partial charge on any atom is -0.383 e. The molecule has 0 saturated carbocycles. The first-order chi connectivity index (χ1) is 13.4. The number of carbonyl (C=O) groups excluding carboxylic acids is 1. The van der Waals surface area contributed by atoms with Crippen molar-refractivity contribution in [3.63, 3.8) is 0 Å². The minimum atomic E-state index is -0.503. The normalized spacial score (nSPS) is 12.8. The highest BCUT2D eigenvalue weighted by molar-refractivity contribution is 6.09. The van der Waals surface area contributed by atoms with E-state index in [-0.39, 0.29) is 11.6 Å². The first kappa shape index (κ1) is 19.4. The maximum absolute atomic E-state index is 12.6. The lowest BCUT2D eigenvalue weighted by molar-refractivity contribution is -0.112.